The second-order valence-electron chi connectivity index (χ2n) is 13.0. The van der Waals surface area contributed by atoms with Crippen LogP contribution in [0.3, 0.4) is 0 Å². The Balaban J connectivity index is 2.49. The predicted octanol–water partition coefficient (Wildman–Crippen LogP) is 10.2. The zero-order valence-corrected chi connectivity index (χ0v) is 28.7. The fraction of sp³-hybridized carbons (Fsp3) is 0.500. The Morgan fingerprint density at radius 2 is 0.763 bits per heavy atom. The van der Waals surface area contributed by atoms with Crippen molar-refractivity contribution in [2.24, 2.45) is 0 Å². The van der Waals surface area contributed by atoms with Gasteiger partial charge in [0.1, 0.15) is 0 Å². The van der Waals surface area contributed by atoms with E-state index in [4.69, 9.17) is 0 Å². The van der Waals surface area contributed by atoms with Crippen molar-refractivity contribution >= 4 is 36.2 Å². The van der Waals surface area contributed by atoms with Crippen molar-refractivity contribution in [1.29, 1.82) is 0 Å². The fourth-order valence-electron chi connectivity index (χ4n) is 5.68. The molecule has 0 aromatic heterocycles. The SMILES string of the molecule is [Li][Te]c1c(-c2c(C(C)C)cc(C(C)C)cc2C(C)C)cccc1-c1c(C(C)C)cc(C(C)C)cc1C(C)C. The van der Waals surface area contributed by atoms with Gasteiger partial charge in [-0.25, -0.2) is 0 Å². The van der Waals surface area contributed by atoms with Crippen molar-refractivity contribution in [2.45, 2.75) is 119 Å². The van der Waals surface area contributed by atoms with E-state index < -0.39 is 0 Å². The third kappa shape index (κ3) is 6.50. The molecular weight excluding hydrogens is 567 g/mol. The topological polar surface area (TPSA) is 0 Å². The molecule has 200 valence electrons. The standard InChI is InChI=1S/C36H50Te.Li/c1-20(2)26-16-30(22(5)6)34(31(17-26)23(7)8)28-14-13-15-29(36(28)37)35-32(24(9)10)18-27(21(3)4)19-33(35)25(11)12;/h13-25,37H,1-12H3;/q;+1/p-1. The summed E-state index contributed by atoms with van der Waals surface area (Å²) in [7, 11) is 0. The molecule has 0 radical (unpaired) electrons. The Hall–Kier alpha value is -0.953. The van der Waals surface area contributed by atoms with Crippen molar-refractivity contribution in [1.82, 2.24) is 0 Å². The molecule has 0 nitrogen and oxygen atoms in total. The monoisotopic (exact) mass is 618 g/mol. The van der Waals surface area contributed by atoms with E-state index in [0.717, 1.165) is 0 Å². The van der Waals surface area contributed by atoms with E-state index in [-0.39, 0.29) is 18.3 Å². The second kappa shape index (κ2) is 13.1. The molecule has 0 saturated heterocycles. The van der Waals surface area contributed by atoms with Crippen LogP contribution in [-0.2, 0) is 0 Å². The molecule has 0 atom stereocenters. The molecule has 0 spiro atoms. The summed E-state index contributed by atoms with van der Waals surface area (Å²) in [5, 5.41) is 0. The molecule has 3 aromatic carbocycles. The van der Waals surface area contributed by atoms with Crippen LogP contribution >= 0.6 is 0 Å². The minimum atomic E-state index is -0.372. The Morgan fingerprint density at radius 3 is 0.974 bits per heavy atom. The molecule has 0 aliphatic rings. The second-order valence-corrected chi connectivity index (χ2v) is 15.3. The molecule has 3 rings (SSSR count). The first kappa shape index (κ1) is 31.6. The van der Waals surface area contributed by atoms with E-state index in [2.05, 4.69) is 140 Å². The van der Waals surface area contributed by atoms with Crippen LogP contribution in [0.2, 0.25) is 0 Å². The predicted molar refractivity (Wildman–Crippen MR) is 173 cm³/mol. The Labute approximate surface area is 251 Å². The van der Waals surface area contributed by atoms with E-state index >= 15 is 0 Å². The van der Waals surface area contributed by atoms with Gasteiger partial charge in [0.25, 0.3) is 0 Å². The molecule has 0 N–H and O–H groups in total. The summed E-state index contributed by atoms with van der Waals surface area (Å²) in [6, 6.07) is 17.3. The molecule has 0 aliphatic carbocycles. The van der Waals surface area contributed by atoms with Crippen molar-refractivity contribution in [2.75, 3.05) is 0 Å². The number of benzene rings is 3. The maximum atomic E-state index is 2.51. The summed E-state index contributed by atoms with van der Waals surface area (Å²) in [5.74, 6) is 3.00. The van der Waals surface area contributed by atoms with Gasteiger partial charge in [-0.05, 0) is 0 Å². The average Bonchev–Trinajstić information content (AvgIpc) is 2.86. The summed E-state index contributed by atoms with van der Waals surface area (Å²) >= 11 is 2.11. The minimum absolute atomic E-state index is 0.372. The van der Waals surface area contributed by atoms with Crippen LogP contribution < -0.4 is 3.61 Å². The summed E-state index contributed by atoms with van der Waals surface area (Å²) in [6.45, 7) is 28.3. The Morgan fingerprint density at radius 1 is 0.474 bits per heavy atom. The maximum absolute atomic E-state index is 2.51. The van der Waals surface area contributed by atoms with Crippen LogP contribution in [0, 0.1) is 0 Å². The van der Waals surface area contributed by atoms with Gasteiger partial charge in [-0.3, -0.25) is 0 Å². The first-order valence-corrected chi connectivity index (χ1v) is 18.3. The summed E-state index contributed by atoms with van der Waals surface area (Å²) in [4.78, 5) is 0. The van der Waals surface area contributed by atoms with Crippen LogP contribution in [0.25, 0.3) is 22.3 Å². The van der Waals surface area contributed by atoms with Gasteiger partial charge in [-0.1, -0.05) is 0 Å². The van der Waals surface area contributed by atoms with E-state index in [1.54, 1.807) is 3.61 Å². The molecule has 38 heavy (non-hydrogen) atoms. The molecule has 0 fully saturated rings. The van der Waals surface area contributed by atoms with Crippen LogP contribution in [-0.4, -0.2) is 32.6 Å². The van der Waals surface area contributed by atoms with Crippen LogP contribution in [0.15, 0.2) is 42.5 Å². The first-order valence-electron chi connectivity index (χ1n) is 14.8. The molecule has 0 aliphatic heterocycles. The van der Waals surface area contributed by atoms with Crippen molar-refractivity contribution in [3.8, 4) is 22.3 Å². The van der Waals surface area contributed by atoms with Crippen LogP contribution in [0.1, 0.15) is 152 Å². The number of rotatable bonds is 9. The molecule has 3 aromatic rings. The molecule has 0 unspecified atom stereocenters. The normalized spacial score (nSPS) is 12.3. The quantitative estimate of drug-likeness (QED) is 0.210. The van der Waals surface area contributed by atoms with Gasteiger partial charge >= 0.3 is 253 Å². The third-order valence-corrected chi connectivity index (χ3v) is 10.4. The van der Waals surface area contributed by atoms with Gasteiger partial charge in [0, 0.05) is 0 Å². The molecule has 2 heteroatoms. The van der Waals surface area contributed by atoms with Gasteiger partial charge in [0.2, 0.25) is 0 Å². The molecule has 0 heterocycles. The number of hydrogen-bond donors (Lipinski definition) is 0. The summed E-state index contributed by atoms with van der Waals surface area (Å²) in [5.41, 5.74) is 15.0. The fourth-order valence-corrected chi connectivity index (χ4v) is 7.91. The average molecular weight is 616 g/mol. The van der Waals surface area contributed by atoms with Gasteiger partial charge < -0.3 is 0 Å². The molecule has 0 amide bonds. The third-order valence-electron chi connectivity index (χ3n) is 8.02. The van der Waals surface area contributed by atoms with Crippen molar-refractivity contribution in [3.63, 3.8) is 0 Å². The van der Waals surface area contributed by atoms with Crippen LogP contribution in [0.5, 0.6) is 0 Å². The van der Waals surface area contributed by atoms with E-state index in [1.807, 2.05) is 0 Å². The zero-order chi connectivity index (χ0) is 28.5. The van der Waals surface area contributed by atoms with Gasteiger partial charge in [0.15, 0.2) is 0 Å². The number of hydrogen-bond acceptors (Lipinski definition) is 0. The van der Waals surface area contributed by atoms with E-state index in [0.29, 0.717) is 35.5 Å². The van der Waals surface area contributed by atoms with Gasteiger partial charge in [0.05, 0.1) is 0 Å². The Bertz CT molecular complexity index is 1110. The molecular formula is C36H49LiTe. The van der Waals surface area contributed by atoms with Gasteiger partial charge in [-0.2, -0.15) is 0 Å². The molecule has 0 saturated carbocycles. The van der Waals surface area contributed by atoms with Gasteiger partial charge in [-0.15, -0.1) is 0 Å². The van der Waals surface area contributed by atoms with Crippen LogP contribution in [0.4, 0.5) is 0 Å². The Kier molecular flexibility index (Phi) is 10.9. The van der Waals surface area contributed by atoms with Crippen molar-refractivity contribution in [3.05, 3.63) is 75.8 Å². The summed E-state index contributed by atoms with van der Waals surface area (Å²) in [6.07, 6.45) is 0. The van der Waals surface area contributed by atoms with Crippen molar-refractivity contribution < 1.29 is 0 Å². The van der Waals surface area contributed by atoms with E-state index in [9.17, 15) is 0 Å². The first-order chi connectivity index (χ1) is 17.8. The zero-order valence-electron chi connectivity index (χ0n) is 26.4. The summed E-state index contributed by atoms with van der Waals surface area (Å²) < 4.78 is 1.63. The molecule has 0 bridgehead atoms. The van der Waals surface area contributed by atoms with E-state index in [1.165, 1.54) is 55.6 Å².